The third-order valence-corrected chi connectivity index (χ3v) is 3.73. The molecule has 0 aromatic heterocycles. The van der Waals surface area contributed by atoms with E-state index in [1.54, 1.807) is 18.2 Å². The monoisotopic (exact) mass is 365 g/mol. The summed E-state index contributed by atoms with van der Waals surface area (Å²) in [5.41, 5.74) is 2.09. The summed E-state index contributed by atoms with van der Waals surface area (Å²) < 4.78 is 50.9. The number of rotatable bonds is 4. The highest BCUT2D eigenvalue weighted by Crippen LogP contribution is 2.41. The van der Waals surface area contributed by atoms with Gasteiger partial charge in [0, 0.05) is 17.2 Å². The number of amides is 1. The Morgan fingerprint density at radius 2 is 1.62 bits per heavy atom. The average molecular weight is 365 g/mol. The summed E-state index contributed by atoms with van der Waals surface area (Å²) in [6.45, 7) is 0. The molecule has 136 valence electrons. The van der Waals surface area contributed by atoms with Crippen LogP contribution in [0.3, 0.4) is 0 Å². The lowest BCUT2D eigenvalue weighted by Gasteiger charge is -2.10. The van der Waals surface area contributed by atoms with E-state index in [-0.39, 0.29) is 11.7 Å². The van der Waals surface area contributed by atoms with Gasteiger partial charge in [0.05, 0.1) is 19.9 Å². The number of hydrogen-bond donors (Lipinski definition) is 1. The lowest BCUT2D eigenvalue weighted by molar-refractivity contribution is -0.274. The summed E-state index contributed by atoms with van der Waals surface area (Å²) in [6.07, 6.45) is -3.18. The number of benzene rings is 2. The van der Waals surface area contributed by atoms with Crippen LogP contribution < -0.4 is 19.5 Å². The summed E-state index contributed by atoms with van der Waals surface area (Å²) in [5.74, 6) is 0.275. The van der Waals surface area contributed by atoms with Crippen molar-refractivity contribution >= 4 is 23.2 Å². The summed E-state index contributed by atoms with van der Waals surface area (Å²) in [5, 5.41) is 2.72. The second kappa shape index (κ2) is 6.62. The number of methoxy groups -OCH3 is 2. The minimum absolute atomic E-state index is 0.328. The smallest absolute Gasteiger partial charge is 0.493 e. The highest BCUT2D eigenvalue weighted by atomic mass is 19.4. The van der Waals surface area contributed by atoms with E-state index in [0.29, 0.717) is 33.9 Å². The fourth-order valence-corrected chi connectivity index (χ4v) is 2.59. The number of anilines is 1. The Hall–Kier alpha value is -3.16. The Kier molecular flexibility index (Phi) is 4.50. The minimum Gasteiger partial charge on any atom is -0.493 e. The maximum Gasteiger partial charge on any atom is 0.573 e. The van der Waals surface area contributed by atoms with Gasteiger partial charge in [-0.2, -0.15) is 0 Å². The third kappa shape index (κ3) is 3.58. The van der Waals surface area contributed by atoms with Gasteiger partial charge in [-0.05, 0) is 29.8 Å². The number of alkyl halides is 3. The molecule has 2 aromatic rings. The quantitative estimate of drug-likeness (QED) is 0.829. The molecule has 26 heavy (non-hydrogen) atoms. The standard InChI is InChI=1S/C18H14F3NO4/c1-24-15-8-12-13(17(23)22-14(12)9-16(15)25-2)7-10-3-5-11(6-4-10)26-18(19,20)21/h3-9H,1-2H3,(H,22,23). The third-order valence-electron chi connectivity index (χ3n) is 3.73. The average Bonchev–Trinajstić information content (AvgIpc) is 2.88. The number of halogens is 3. The van der Waals surface area contributed by atoms with E-state index >= 15 is 0 Å². The zero-order chi connectivity index (χ0) is 18.9. The molecule has 0 unspecified atom stereocenters. The molecule has 0 radical (unpaired) electrons. The first kappa shape index (κ1) is 17.7. The van der Waals surface area contributed by atoms with Gasteiger partial charge >= 0.3 is 6.36 Å². The maximum absolute atomic E-state index is 12.3. The Labute approximate surface area is 147 Å². The molecule has 1 heterocycles. The highest BCUT2D eigenvalue weighted by Gasteiger charge is 2.31. The van der Waals surface area contributed by atoms with Crippen LogP contribution in [-0.4, -0.2) is 26.5 Å². The Morgan fingerprint density at radius 3 is 2.19 bits per heavy atom. The van der Waals surface area contributed by atoms with E-state index in [9.17, 15) is 18.0 Å². The molecule has 0 spiro atoms. The SMILES string of the molecule is COc1cc2c(cc1OC)C(=Cc1ccc(OC(F)(F)F)cc1)C(=O)N2. The van der Waals surface area contributed by atoms with E-state index in [1.165, 1.54) is 38.5 Å². The Bertz CT molecular complexity index is 873. The Morgan fingerprint density at radius 1 is 1.00 bits per heavy atom. The van der Waals surface area contributed by atoms with E-state index in [0.717, 1.165) is 0 Å². The van der Waals surface area contributed by atoms with Gasteiger partial charge in [-0.3, -0.25) is 4.79 Å². The largest absolute Gasteiger partial charge is 0.573 e. The second-order valence-corrected chi connectivity index (χ2v) is 5.38. The first-order valence-corrected chi connectivity index (χ1v) is 7.46. The maximum atomic E-state index is 12.3. The van der Waals surface area contributed by atoms with Crippen LogP contribution in [0.15, 0.2) is 36.4 Å². The molecule has 2 aromatic carbocycles. The normalized spacial score (nSPS) is 14.8. The molecule has 0 saturated heterocycles. The molecule has 3 rings (SSSR count). The van der Waals surface area contributed by atoms with Crippen molar-refractivity contribution in [3.8, 4) is 17.2 Å². The van der Waals surface area contributed by atoms with Crippen molar-refractivity contribution in [3.05, 3.63) is 47.5 Å². The van der Waals surface area contributed by atoms with Crippen LogP contribution in [0.4, 0.5) is 18.9 Å². The van der Waals surface area contributed by atoms with Crippen molar-refractivity contribution < 1.29 is 32.2 Å². The zero-order valence-electron chi connectivity index (χ0n) is 13.8. The zero-order valence-corrected chi connectivity index (χ0v) is 13.8. The van der Waals surface area contributed by atoms with E-state index in [2.05, 4.69) is 10.1 Å². The summed E-state index contributed by atoms with van der Waals surface area (Å²) in [4.78, 5) is 12.3. The Balaban J connectivity index is 1.94. The topological polar surface area (TPSA) is 56.8 Å². The number of carbonyl (C=O) groups excluding carboxylic acids is 1. The van der Waals surface area contributed by atoms with Gasteiger partial charge in [-0.25, -0.2) is 0 Å². The van der Waals surface area contributed by atoms with Crippen molar-refractivity contribution in [1.29, 1.82) is 0 Å². The van der Waals surface area contributed by atoms with E-state index in [4.69, 9.17) is 9.47 Å². The van der Waals surface area contributed by atoms with Crippen molar-refractivity contribution in [3.63, 3.8) is 0 Å². The molecule has 1 N–H and O–H groups in total. The number of nitrogens with one attached hydrogen (secondary N) is 1. The lowest BCUT2D eigenvalue weighted by atomic mass is 10.0. The lowest BCUT2D eigenvalue weighted by Crippen LogP contribution is -2.16. The van der Waals surface area contributed by atoms with Crippen LogP contribution in [0.5, 0.6) is 17.2 Å². The first-order valence-electron chi connectivity index (χ1n) is 7.46. The number of carbonyl (C=O) groups is 1. The predicted octanol–water partition coefficient (Wildman–Crippen LogP) is 4.10. The molecule has 0 saturated carbocycles. The number of hydrogen-bond acceptors (Lipinski definition) is 4. The van der Waals surface area contributed by atoms with Gasteiger partial charge in [-0.1, -0.05) is 12.1 Å². The molecule has 1 aliphatic heterocycles. The van der Waals surface area contributed by atoms with Gasteiger partial charge in [-0.15, -0.1) is 13.2 Å². The molecule has 1 amide bonds. The van der Waals surface area contributed by atoms with Crippen molar-refractivity contribution in [2.45, 2.75) is 6.36 Å². The van der Waals surface area contributed by atoms with Crippen LogP contribution in [0, 0.1) is 0 Å². The van der Waals surface area contributed by atoms with Gasteiger partial charge < -0.3 is 19.5 Å². The summed E-state index contributed by atoms with van der Waals surface area (Å²) in [7, 11) is 2.97. The molecule has 0 aliphatic carbocycles. The fraction of sp³-hybridized carbons (Fsp3) is 0.167. The fourth-order valence-electron chi connectivity index (χ4n) is 2.59. The first-order chi connectivity index (χ1) is 12.3. The summed E-state index contributed by atoms with van der Waals surface area (Å²) in [6, 6.07) is 8.54. The predicted molar refractivity (Wildman–Crippen MR) is 89.2 cm³/mol. The van der Waals surface area contributed by atoms with Crippen LogP contribution in [0.2, 0.25) is 0 Å². The molecule has 1 aliphatic rings. The van der Waals surface area contributed by atoms with Crippen molar-refractivity contribution in [2.24, 2.45) is 0 Å². The molecule has 0 fully saturated rings. The van der Waals surface area contributed by atoms with Crippen molar-refractivity contribution in [2.75, 3.05) is 19.5 Å². The van der Waals surface area contributed by atoms with Crippen LogP contribution in [-0.2, 0) is 4.79 Å². The van der Waals surface area contributed by atoms with Crippen LogP contribution in [0.1, 0.15) is 11.1 Å². The van der Waals surface area contributed by atoms with E-state index in [1.807, 2.05) is 0 Å². The van der Waals surface area contributed by atoms with Gasteiger partial charge in [0.2, 0.25) is 0 Å². The number of ether oxygens (including phenoxy) is 3. The molecular formula is C18H14F3NO4. The van der Waals surface area contributed by atoms with Crippen molar-refractivity contribution in [1.82, 2.24) is 0 Å². The van der Waals surface area contributed by atoms with Gasteiger partial charge in [0.1, 0.15) is 5.75 Å². The minimum atomic E-state index is -4.75. The number of fused-ring (bicyclic) bond motifs is 1. The molecule has 0 atom stereocenters. The van der Waals surface area contributed by atoms with E-state index < -0.39 is 6.36 Å². The van der Waals surface area contributed by atoms with Gasteiger partial charge in [0.25, 0.3) is 5.91 Å². The van der Waals surface area contributed by atoms with Gasteiger partial charge in [0.15, 0.2) is 11.5 Å². The molecular weight excluding hydrogens is 351 g/mol. The molecule has 0 bridgehead atoms. The highest BCUT2D eigenvalue weighted by molar-refractivity contribution is 6.35. The second-order valence-electron chi connectivity index (χ2n) is 5.38. The molecule has 5 nitrogen and oxygen atoms in total. The van der Waals surface area contributed by atoms with Crippen LogP contribution in [0.25, 0.3) is 11.6 Å². The molecule has 8 heteroatoms. The van der Waals surface area contributed by atoms with Crippen LogP contribution >= 0.6 is 0 Å². The summed E-state index contributed by atoms with van der Waals surface area (Å²) >= 11 is 0.